The molecule has 0 amide bonds. The Kier molecular flexibility index (Phi) is 6.52. The van der Waals surface area contributed by atoms with E-state index in [4.69, 9.17) is 0 Å². The van der Waals surface area contributed by atoms with Gasteiger partial charge in [0.15, 0.2) is 4.90 Å². The van der Waals surface area contributed by atoms with Gasteiger partial charge in [-0.15, -0.1) is 12.4 Å². The fraction of sp³-hybridized carbons (Fsp3) is 0.571. The molecule has 23 heavy (non-hydrogen) atoms. The number of nitrogens with one attached hydrogen (secondary N) is 2. The summed E-state index contributed by atoms with van der Waals surface area (Å²) in [6.07, 6.45) is 1.58. The summed E-state index contributed by atoms with van der Waals surface area (Å²) in [5.41, 5.74) is 0.371. The fourth-order valence-electron chi connectivity index (χ4n) is 2.80. The summed E-state index contributed by atoms with van der Waals surface area (Å²) in [4.78, 5) is 10.4. The van der Waals surface area contributed by atoms with E-state index in [-0.39, 0.29) is 35.1 Å². The van der Waals surface area contributed by atoms with Crippen molar-refractivity contribution < 1.29 is 13.3 Å². The average molecular weight is 364 g/mol. The van der Waals surface area contributed by atoms with E-state index in [0.29, 0.717) is 17.5 Å². The third kappa shape index (κ3) is 4.20. The zero-order valence-corrected chi connectivity index (χ0v) is 15.0. The van der Waals surface area contributed by atoms with Gasteiger partial charge >= 0.3 is 0 Å². The topological polar surface area (TPSA) is 101 Å². The number of benzene rings is 1. The highest BCUT2D eigenvalue weighted by atomic mass is 35.5. The van der Waals surface area contributed by atoms with Crippen LogP contribution in [0.2, 0.25) is 0 Å². The SMILES string of the molecule is Cc1ccc(C)c(S(=O)(=O)NC2CCCNC2C)c1[N+](=O)[O-].Cl. The summed E-state index contributed by atoms with van der Waals surface area (Å²) in [6, 6.07) is 2.89. The first kappa shape index (κ1) is 19.8. The summed E-state index contributed by atoms with van der Waals surface area (Å²) in [5.74, 6) is 0. The third-order valence-corrected chi connectivity index (χ3v) is 5.72. The van der Waals surface area contributed by atoms with Gasteiger partial charge in [-0.05, 0) is 45.7 Å². The van der Waals surface area contributed by atoms with Gasteiger partial charge in [0.25, 0.3) is 5.69 Å². The highest BCUT2D eigenvalue weighted by Crippen LogP contribution is 2.31. The standard InChI is InChI=1S/C14H21N3O4S.ClH/c1-9-6-7-10(2)14(13(9)17(18)19)22(20,21)16-12-5-4-8-15-11(12)3;/h6-7,11-12,15-16H,4-5,8H2,1-3H3;1H. The minimum absolute atomic E-state index is 0. The number of rotatable bonds is 4. The second kappa shape index (κ2) is 7.57. The Bertz CT molecular complexity index is 694. The van der Waals surface area contributed by atoms with Crippen LogP contribution in [-0.4, -0.2) is 32.0 Å². The zero-order chi connectivity index (χ0) is 16.5. The highest BCUT2D eigenvalue weighted by molar-refractivity contribution is 7.89. The molecule has 2 N–H and O–H groups in total. The van der Waals surface area contributed by atoms with E-state index in [1.165, 1.54) is 0 Å². The van der Waals surface area contributed by atoms with E-state index in [2.05, 4.69) is 10.0 Å². The average Bonchev–Trinajstić information content (AvgIpc) is 2.43. The van der Waals surface area contributed by atoms with Crippen molar-refractivity contribution in [1.82, 2.24) is 10.0 Å². The van der Waals surface area contributed by atoms with Crippen molar-refractivity contribution in [2.45, 2.75) is 50.6 Å². The molecule has 7 nitrogen and oxygen atoms in total. The predicted octanol–water partition coefficient (Wildman–Crippen LogP) is 2.05. The molecule has 2 rings (SSSR count). The molecular formula is C14H22ClN3O4S. The number of hydrogen-bond donors (Lipinski definition) is 2. The van der Waals surface area contributed by atoms with Crippen LogP contribution in [0, 0.1) is 24.0 Å². The Morgan fingerprint density at radius 2 is 1.91 bits per heavy atom. The first-order chi connectivity index (χ1) is 10.2. The number of nitrogens with zero attached hydrogens (tertiary/aromatic N) is 1. The molecule has 1 aromatic rings. The molecule has 130 valence electrons. The second-order valence-corrected chi connectivity index (χ2v) is 7.40. The smallest absolute Gasteiger partial charge is 0.292 e. The summed E-state index contributed by atoms with van der Waals surface area (Å²) in [6.45, 7) is 5.87. The first-order valence-electron chi connectivity index (χ1n) is 7.24. The number of halogens is 1. The molecule has 0 saturated carbocycles. The van der Waals surface area contributed by atoms with E-state index in [0.717, 1.165) is 13.0 Å². The van der Waals surface area contributed by atoms with E-state index in [1.807, 2.05) is 6.92 Å². The number of aryl methyl sites for hydroxylation is 2. The molecule has 1 aliphatic heterocycles. The molecule has 0 bridgehead atoms. The lowest BCUT2D eigenvalue weighted by molar-refractivity contribution is -0.388. The lowest BCUT2D eigenvalue weighted by atomic mass is 10.0. The van der Waals surface area contributed by atoms with Gasteiger partial charge in [-0.25, -0.2) is 13.1 Å². The van der Waals surface area contributed by atoms with Crippen LogP contribution in [0.5, 0.6) is 0 Å². The van der Waals surface area contributed by atoms with Gasteiger partial charge in [-0.2, -0.15) is 0 Å². The van der Waals surface area contributed by atoms with Crippen LogP contribution in [0.4, 0.5) is 5.69 Å². The van der Waals surface area contributed by atoms with Crippen molar-refractivity contribution in [3.8, 4) is 0 Å². The van der Waals surface area contributed by atoms with E-state index >= 15 is 0 Å². The number of nitro benzene ring substituents is 1. The van der Waals surface area contributed by atoms with Crippen molar-refractivity contribution >= 4 is 28.1 Å². The lowest BCUT2D eigenvalue weighted by Crippen LogP contribution is -2.51. The fourth-order valence-corrected chi connectivity index (χ4v) is 4.62. The molecule has 2 unspecified atom stereocenters. The van der Waals surface area contributed by atoms with Crippen LogP contribution in [0.25, 0.3) is 0 Å². The Hall–Kier alpha value is -1.22. The predicted molar refractivity (Wildman–Crippen MR) is 90.6 cm³/mol. The van der Waals surface area contributed by atoms with Crippen LogP contribution < -0.4 is 10.0 Å². The van der Waals surface area contributed by atoms with Gasteiger partial charge in [-0.3, -0.25) is 10.1 Å². The molecule has 1 aromatic carbocycles. The quantitative estimate of drug-likeness (QED) is 0.629. The van der Waals surface area contributed by atoms with Gasteiger partial charge in [0.1, 0.15) is 0 Å². The Balaban J connectivity index is 0.00000264. The molecule has 2 atom stereocenters. The summed E-state index contributed by atoms with van der Waals surface area (Å²) in [5, 5.41) is 14.5. The van der Waals surface area contributed by atoms with Crippen molar-refractivity contribution in [1.29, 1.82) is 0 Å². The number of nitro groups is 1. The molecule has 1 aliphatic rings. The van der Waals surface area contributed by atoms with Gasteiger partial charge in [0.2, 0.25) is 10.0 Å². The second-order valence-electron chi connectivity index (χ2n) is 5.75. The third-order valence-electron chi connectivity index (χ3n) is 4.05. The van der Waals surface area contributed by atoms with Crippen LogP contribution in [0.15, 0.2) is 17.0 Å². The summed E-state index contributed by atoms with van der Waals surface area (Å²) < 4.78 is 28.0. The molecule has 1 heterocycles. The molecule has 1 fully saturated rings. The molecule has 0 aromatic heterocycles. The minimum atomic E-state index is -3.95. The minimum Gasteiger partial charge on any atom is -0.313 e. The maximum Gasteiger partial charge on any atom is 0.292 e. The van der Waals surface area contributed by atoms with Crippen molar-refractivity contribution in [3.63, 3.8) is 0 Å². The van der Waals surface area contributed by atoms with E-state index in [1.54, 1.807) is 26.0 Å². The van der Waals surface area contributed by atoms with Crippen LogP contribution >= 0.6 is 12.4 Å². The summed E-state index contributed by atoms with van der Waals surface area (Å²) >= 11 is 0. The maximum atomic E-state index is 12.7. The zero-order valence-electron chi connectivity index (χ0n) is 13.3. The number of piperidine rings is 1. The van der Waals surface area contributed by atoms with Gasteiger partial charge < -0.3 is 5.32 Å². The van der Waals surface area contributed by atoms with Gasteiger partial charge in [0.05, 0.1) is 4.92 Å². The van der Waals surface area contributed by atoms with Gasteiger partial charge in [0, 0.05) is 17.6 Å². The lowest BCUT2D eigenvalue weighted by Gasteiger charge is -2.30. The first-order valence-corrected chi connectivity index (χ1v) is 8.72. The molecular weight excluding hydrogens is 342 g/mol. The summed E-state index contributed by atoms with van der Waals surface area (Å²) in [7, 11) is -3.95. The maximum absolute atomic E-state index is 12.7. The highest BCUT2D eigenvalue weighted by Gasteiger charge is 2.33. The molecule has 1 saturated heterocycles. The van der Waals surface area contributed by atoms with Crippen LogP contribution in [0.1, 0.15) is 30.9 Å². The molecule has 0 aliphatic carbocycles. The van der Waals surface area contributed by atoms with E-state index < -0.39 is 14.9 Å². The molecule has 0 radical (unpaired) electrons. The largest absolute Gasteiger partial charge is 0.313 e. The Morgan fingerprint density at radius 1 is 1.30 bits per heavy atom. The van der Waals surface area contributed by atoms with Gasteiger partial charge in [-0.1, -0.05) is 12.1 Å². The monoisotopic (exact) mass is 363 g/mol. The normalized spacial score (nSPS) is 21.5. The number of hydrogen-bond acceptors (Lipinski definition) is 5. The molecule has 0 spiro atoms. The van der Waals surface area contributed by atoms with Crippen molar-refractivity contribution in [3.05, 3.63) is 33.4 Å². The van der Waals surface area contributed by atoms with Crippen LogP contribution in [0.3, 0.4) is 0 Å². The van der Waals surface area contributed by atoms with Crippen LogP contribution in [-0.2, 0) is 10.0 Å². The van der Waals surface area contributed by atoms with Crippen molar-refractivity contribution in [2.24, 2.45) is 0 Å². The molecule has 9 heteroatoms. The van der Waals surface area contributed by atoms with E-state index in [9.17, 15) is 18.5 Å². The Labute approximate surface area is 142 Å². The number of sulfonamides is 1. The Morgan fingerprint density at radius 3 is 2.48 bits per heavy atom. The van der Waals surface area contributed by atoms with Crippen molar-refractivity contribution in [2.75, 3.05) is 6.54 Å².